The van der Waals surface area contributed by atoms with Crippen molar-refractivity contribution >= 4 is 48.6 Å². The van der Waals surface area contributed by atoms with E-state index in [2.05, 4.69) is 15.9 Å². The molecule has 0 heterocycles. The summed E-state index contributed by atoms with van der Waals surface area (Å²) in [6.07, 6.45) is 0. The van der Waals surface area contributed by atoms with E-state index in [4.69, 9.17) is 9.88 Å². The molecule has 1 atom stereocenters. The highest BCUT2D eigenvalue weighted by Crippen LogP contribution is 2.40. The second-order valence-electron chi connectivity index (χ2n) is 6.53. The standard InChI is InChI=1S/C20H18BrFN2O5S/c1-12(20(25)26)24(30(23,27)28)19-17(29-11-13-5-3-2-4-6-13)9-14-7-8-15(21)10-16(14)18(19)22/h2-10,12H,11H2,1H3,(H,25,26)(H2,23,27,28). The van der Waals surface area contributed by atoms with E-state index in [9.17, 15) is 18.3 Å². The molecular weight excluding hydrogens is 479 g/mol. The van der Waals surface area contributed by atoms with Gasteiger partial charge in [-0.25, -0.2) is 18.6 Å². The molecule has 10 heteroatoms. The van der Waals surface area contributed by atoms with Crippen LogP contribution in [-0.2, 0) is 21.6 Å². The third-order valence-corrected chi connectivity index (χ3v) is 5.96. The number of hydrogen-bond acceptors (Lipinski definition) is 4. The average molecular weight is 497 g/mol. The molecule has 0 saturated heterocycles. The van der Waals surface area contributed by atoms with Gasteiger partial charge in [0.15, 0.2) is 5.82 Å². The summed E-state index contributed by atoms with van der Waals surface area (Å²) in [6, 6.07) is 13.5. The summed E-state index contributed by atoms with van der Waals surface area (Å²) in [5.74, 6) is -2.60. The van der Waals surface area contributed by atoms with E-state index in [1.165, 1.54) is 12.1 Å². The monoisotopic (exact) mass is 496 g/mol. The van der Waals surface area contributed by atoms with Gasteiger partial charge in [-0.2, -0.15) is 8.42 Å². The number of aliphatic carboxylic acids is 1. The van der Waals surface area contributed by atoms with Gasteiger partial charge in [-0.15, -0.1) is 0 Å². The molecule has 0 spiro atoms. The Balaban J connectivity index is 2.24. The molecule has 3 N–H and O–H groups in total. The summed E-state index contributed by atoms with van der Waals surface area (Å²) in [6.45, 7) is 1.10. The van der Waals surface area contributed by atoms with Gasteiger partial charge in [-0.3, -0.25) is 0 Å². The molecule has 7 nitrogen and oxygen atoms in total. The molecule has 0 aromatic heterocycles. The van der Waals surface area contributed by atoms with Crippen LogP contribution < -0.4 is 14.2 Å². The van der Waals surface area contributed by atoms with Crippen molar-refractivity contribution in [2.24, 2.45) is 5.14 Å². The van der Waals surface area contributed by atoms with E-state index in [1.807, 2.05) is 6.07 Å². The highest BCUT2D eigenvalue weighted by atomic mass is 79.9. The lowest BCUT2D eigenvalue weighted by molar-refractivity contribution is -0.137. The number of benzene rings is 3. The van der Waals surface area contributed by atoms with Gasteiger partial charge in [0.2, 0.25) is 0 Å². The number of ether oxygens (including phenoxy) is 1. The third kappa shape index (κ3) is 4.55. The molecule has 0 aliphatic carbocycles. The van der Waals surface area contributed by atoms with E-state index in [-0.39, 0.29) is 17.7 Å². The van der Waals surface area contributed by atoms with Gasteiger partial charge in [0.05, 0.1) is 0 Å². The van der Waals surface area contributed by atoms with Gasteiger partial charge >= 0.3 is 5.97 Å². The topological polar surface area (TPSA) is 110 Å². The molecule has 0 radical (unpaired) electrons. The molecule has 0 amide bonds. The Labute approximate surface area is 181 Å². The van der Waals surface area contributed by atoms with Gasteiger partial charge in [-0.05, 0) is 36.1 Å². The first-order valence-corrected chi connectivity index (χ1v) is 11.0. The lowest BCUT2D eigenvalue weighted by Gasteiger charge is -2.28. The van der Waals surface area contributed by atoms with Gasteiger partial charge in [0, 0.05) is 9.86 Å². The van der Waals surface area contributed by atoms with Gasteiger partial charge in [-0.1, -0.05) is 52.3 Å². The fraction of sp³-hybridized carbons (Fsp3) is 0.150. The Morgan fingerprint density at radius 3 is 2.50 bits per heavy atom. The molecule has 0 bridgehead atoms. The summed E-state index contributed by atoms with van der Waals surface area (Å²) >= 11 is 3.25. The number of halogens is 2. The first kappa shape index (κ1) is 22.0. The second kappa shape index (κ2) is 8.58. The average Bonchev–Trinajstić information content (AvgIpc) is 2.68. The molecule has 158 valence electrons. The van der Waals surface area contributed by atoms with E-state index in [0.717, 1.165) is 12.5 Å². The molecule has 3 aromatic rings. The van der Waals surface area contributed by atoms with Crippen LogP contribution in [0.25, 0.3) is 10.8 Å². The maximum absolute atomic E-state index is 15.6. The van der Waals surface area contributed by atoms with Crippen molar-refractivity contribution in [2.45, 2.75) is 19.6 Å². The highest BCUT2D eigenvalue weighted by molar-refractivity contribution is 9.10. The number of anilines is 1. The van der Waals surface area contributed by atoms with Crippen LogP contribution in [0, 0.1) is 5.82 Å². The number of carboxylic acid groups (broad SMARTS) is 1. The lowest BCUT2D eigenvalue weighted by Crippen LogP contribution is -2.47. The molecule has 3 aromatic carbocycles. The largest absolute Gasteiger partial charge is 0.487 e. The number of fused-ring (bicyclic) bond motifs is 1. The van der Waals surface area contributed by atoms with Gasteiger partial charge < -0.3 is 9.84 Å². The van der Waals surface area contributed by atoms with Crippen LogP contribution in [0.15, 0.2) is 59.1 Å². The first-order chi connectivity index (χ1) is 14.1. The Hall–Kier alpha value is -2.69. The van der Waals surface area contributed by atoms with Crippen molar-refractivity contribution in [2.75, 3.05) is 4.31 Å². The van der Waals surface area contributed by atoms with Crippen molar-refractivity contribution in [1.82, 2.24) is 0 Å². The Bertz CT molecular complexity index is 1200. The maximum Gasteiger partial charge on any atom is 0.327 e. The zero-order chi connectivity index (χ0) is 22.1. The second-order valence-corrected chi connectivity index (χ2v) is 8.87. The summed E-state index contributed by atoms with van der Waals surface area (Å²) in [7, 11) is -4.65. The Kier molecular flexibility index (Phi) is 6.30. The number of hydrogen-bond donors (Lipinski definition) is 2. The van der Waals surface area contributed by atoms with Crippen molar-refractivity contribution in [1.29, 1.82) is 0 Å². The summed E-state index contributed by atoms with van der Waals surface area (Å²) < 4.78 is 46.7. The van der Waals surface area contributed by atoms with Crippen LogP contribution in [0.2, 0.25) is 0 Å². The predicted octanol–water partition coefficient (Wildman–Crippen LogP) is 3.80. The molecule has 0 aliphatic rings. The van der Waals surface area contributed by atoms with Crippen molar-refractivity contribution < 1.29 is 27.4 Å². The van der Waals surface area contributed by atoms with Crippen LogP contribution in [0.4, 0.5) is 10.1 Å². The summed E-state index contributed by atoms with van der Waals surface area (Å²) in [4.78, 5) is 11.5. The SMILES string of the molecule is CC(C(=O)O)N(c1c(OCc2ccccc2)cc2ccc(Br)cc2c1F)S(N)(=O)=O. The van der Waals surface area contributed by atoms with Crippen molar-refractivity contribution in [3.63, 3.8) is 0 Å². The molecule has 1 unspecified atom stereocenters. The number of carboxylic acids is 1. The quantitative estimate of drug-likeness (QED) is 0.516. The molecule has 30 heavy (non-hydrogen) atoms. The Morgan fingerprint density at radius 2 is 1.90 bits per heavy atom. The van der Waals surface area contributed by atoms with E-state index >= 15 is 4.39 Å². The first-order valence-electron chi connectivity index (χ1n) is 8.73. The molecular formula is C20H18BrFN2O5S. The van der Waals surface area contributed by atoms with Gasteiger partial charge in [0.25, 0.3) is 10.2 Å². The highest BCUT2D eigenvalue weighted by Gasteiger charge is 2.35. The summed E-state index contributed by atoms with van der Waals surface area (Å²) in [5.41, 5.74) is 0.196. The van der Waals surface area contributed by atoms with E-state index < -0.39 is 33.7 Å². The van der Waals surface area contributed by atoms with Crippen molar-refractivity contribution in [3.05, 3.63) is 70.5 Å². The number of nitrogens with two attached hydrogens (primary N) is 1. The normalized spacial score (nSPS) is 12.5. The maximum atomic E-state index is 15.6. The smallest absolute Gasteiger partial charge is 0.327 e. The lowest BCUT2D eigenvalue weighted by atomic mass is 10.1. The van der Waals surface area contributed by atoms with Crippen LogP contribution in [-0.4, -0.2) is 25.5 Å². The van der Waals surface area contributed by atoms with Crippen LogP contribution in [0.5, 0.6) is 5.75 Å². The van der Waals surface area contributed by atoms with E-state index in [1.54, 1.807) is 36.4 Å². The minimum absolute atomic E-state index is 0.00915. The van der Waals surface area contributed by atoms with Crippen molar-refractivity contribution in [3.8, 4) is 5.75 Å². The fourth-order valence-corrected chi connectivity index (χ4v) is 4.30. The van der Waals surface area contributed by atoms with Crippen LogP contribution in [0.1, 0.15) is 12.5 Å². The van der Waals surface area contributed by atoms with Crippen LogP contribution >= 0.6 is 15.9 Å². The number of nitrogens with zero attached hydrogens (tertiary/aromatic N) is 1. The zero-order valence-corrected chi connectivity index (χ0v) is 18.2. The molecule has 0 saturated carbocycles. The molecule has 0 aliphatic heterocycles. The number of carbonyl (C=O) groups is 1. The fourth-order valence-electron chi connectivity index (χ4n) is 2.98. The molecule has 3 rings (SSSR count). The zero-order valence-electron chi connectivity index (χ0n) is 15.7. The Morgan fingerprint density at radius 1 is 1.23 bits per heavy atom. The van der Waals surface area contributed by atoms with E-state index in [0.29, 0.717) is 14.2 Å². The number of rotatable bonds is 7. The van der Waals surface area contributed by atoms with Gasteiger partial charge in [0.1, 0.15) is 24.1 Å². The minimum Gasteiger partial charge on any atom is -0.487 e. The van der Waals surface area contributed by atoms with Crippen LogP contribution in [0.3, 0.4) is 0 Å². The summed E-state index contributed by atoms with van der Waals surface area (Å²) in [5, 5.41) is 15.2. The third-order valence-electron chi connectivity index (χ3n) is 4.42. The minimum atomic E-state index is -4.65. The predicted molar refractivity (Wildman–Crippen MR) is 115 cm³/mol. The molecule has 0 fully saturated rings.